The van der Waals surface area contributed by atoms with E-state index in [2.05, 4.69) is 0 Å². The van der Waals surface area contributed by atoms with E-state index in [-0.39, 0.29) is 31.7 Å². The van der Waals surface area contributed by atoms with E-state index in [0.29, 0.717) is 25.7 Å². The molecule has 2 atom stereocenters. The molecule has 0 bridgehead atoms. The van der Waals surface area contributed by atoms with Crippen LogP contribution in [-0.2, 0) is 14.6 Å². The third-order valence-electron chi connectivity index (χ3n) is 5.87. The van der Waals surface area contributed by atoms with Crippen LogP contribution >= 0.6 is 0 Å². The second-order valence-electron chi connectivity index (χ2n) is 7.01. The molecule has 2 fully saturated rings. The van der Waals surface area contributed by atoms with Crippen LogP contribution in [0.5, 0.6) is 0 Å². The standard InChI is InChI=1S/C16H26F3NO3S/c1-3-15(4-2)11-20(9-10-24(15,22)23)14(21)12-7-5-6-8-13(12)16(17,18)19/h12-13H,3-11H2,1-2H3/t12-,13-/m1/s1. The Morgan fingerprint density at radius 3 is 2.29 bits per heavy atom. The molecule has 0 aromatic heterocycles. The highest BCUT2D eigenvalue weighted by Crippen LogP contribution is 2.43. The Balaban J connectivity index is 2.23. The Morgan fingerprint density at radius 1 is 1.17 bits per heavy atom. The van der Waals surface area contributed by atoms with Crippen molar-refractivity contribution in [3.63, 3.8) is 0 Å². The molecule has 1 heterocycles. The van der Waals surface area contributed by atoms with Gasteiger partial charge in [0.15, 0.2) is 9.84 Å². The zero-order chi connectivity index (χ0) is 18.2. The van der Waals surface area contributed by atoms with E-state index in [1.807, 2.05) is 0 Å². The number of alkyl halides is 3. The van der Waals surface area contributed by atoms with Gasteiger partial charge in [0.2, 0.25) is 5.91 Å². The summed E-state index contributed by atoms with van der Waals surface area (Å²) in [5, 5.41) is 0. The fourth-order valence-electron chi connectivity index (χ4n) is 4.13. The topological polar surface area (TPSA) is 54.5 Å². The maximum atomic E-state index is 13.3. The maximum absolute atomic E-state index is 13.3. The Hall–Kier alpha value is -0.790. The summed E-state index contributed by atoms with van der Waals surface area (Å²) in [4.78, 5) is 14.1. The number of nitrogens with zero attached hydrogens (tertiary/aromatic N) is 1. The second kappa shape index (κ2) is 6.84. The van der Waals surface area contributed by atoms with E-state index in [1.165, 1.54) is 4.90 Å². The zero-order valence-corrected chi connectivity index (χ0v) is 15.0. The molecule has 1 aliphatic carbocycles. The molecule has 0 N–H and O–H groups in total. The van der Waals surface area contributed by atoms with E-state index >= 15 is 0 Å². The lowest BCUT2D eigenvalue weighted by Crippen LogP contribution is -2.59. The first-order valence-corrected chi connectivity index (χ1v) is 10.3. The van der Waals surface area contributed by atoms with Crippen molar-refractivity contribution in [1.82, 2.24) is 4.90 Å². The zero-order valence-electron chi connectivity index (χ0n) is 14.2. The molecule has 0 aromatic carbocycles. The third kappa shape index (κ3) is 3.44. The van der Waals surface area contributed by atoms with Crippen LogP contribution in [0.1, 0.15) is 52.4 Å². The van der Waals surface area contributed by atoms with Crippen molar-refractivity contribution >= 4 is 15.7 Å². The molecule has 1 saturated carbocycles. The largest absolute Gasteiger partial charge is 0.392 e. The van der Waals surface area contributed by atoms with Gasteiger partial charge < -0.3 is 4.90 Å². The van der Waals surface area contributed by atoms with Gasteiger partial charge in [0.25, 0.3) is 0 Å². The predicted molar refractivity (Wildman–Crippen MR) is 85.2 cm³/mol. The van der Waals surface area contributed by atoms with Crippen molar-refractivity contribution in [1.29, 1.82) is 0 Å². The van der Waals surface area contributed by atoms with Gasteiger partial charge in [-0.2, -0.15) is 13.2 Å². The van der Waals surface area contributed by atoms with Crippen LogP contribution in [0, 0.1) is 11.8 Å². The van der Waals surface area contributed by atoms with Crippen LogP contribution in [0.4, 0.5) is 13.2 Å². The van der Waals surface area contributed by atoms with Crippen LogP contribution in [0.25, 0.3) is 0 Å². The summed E-state index contributed by atoms with van der Waals surface area (Å²) in [5.74, 6) is -3.34. The predicted octanol–water partition coefficient (Wildman–Crippen LogP) is 3.17. The van der Waals surface area contributed by atoms with Gasteiger partial charge in [-0.3, -0.25) is 4.79 Å². The van der Waals surface area contributed by atoms with Gasteiger partial charge in [0.05, 0.1) is 16.4 Å². The highest BCUT2D eigenvalue weighted by molar-refractivity contribution is 7.92. The number of hydrogen-bond donors (Lipinski definition) is 0. The number of amides is 1. The lowest BCUT2D eigenvalue weighted by molar-refractivity contribution is -0.201. The minimum absolute atomic E-state index is 0.00396. The minimum Gasteiger partial charge on any atom is -0.340 e. The van der Waals surface area contributed by atoms with Crippen molar-refractivity contribution in [2.75, 3.05) is 18.8 Å². The molecule has 0 aromatic rings. The summed E-state index contributed by atoms with van der Waals surface area (Å²) in [6.45, 7) is 3.54. The van der Waals surface area contributed by atoms with Crippen molar-refractivity contribution in [3.05, 3.63) is 0 Å². The minimum atomic E-state index is -4.38. The lowest BCUT2D eigenvalue weighted by Gasteiger charge is -2.44. The molecule has 1 saturated heterocycles. The second-order valence-corrected chi connectivity index (χ2v) is 9.51. The van der Waals surface area contributed by atoms with Gasteiger partial charge >= 0.3 is 6.18 Å². The fourth-order valence-corrected chi connectivity index (χ4v) is 6.25. The van der Waals surface area contributed by atoms with Crippen LogP contribution in [0.3, 0.4) is 0 Å². The van der Waals surface area contributed by atoms with Crippen molar-refractivity contribution in [2.24, 2.45) is 11.8 Å². The molecule has 2 rings (SSSR count). The molecular formula is C16H26F3NO3S. The lowest BCUT2D eigenvalue weighted by atomic mass is 9.77. The Morgan fingerprint density at radius 2 is 1.75 bits per heavy atom. The molecule has 0 radical (unpaired) electrons. The van der Waals surface area contributed by atoms with E-state index < -0.39 is 38.5 Å². The monoisotopic (exact) mass is 369 g/mol. The molecule has 140 valence electrons. The Kier molecular flexibility index (Phi) is 5.57. The average Bonchev–Trinajstić information content (AvgIpc) is 2.53. The molecule has 1 amide bonds. The van der Waals surface area contributed by atoms with Gasteiger partial charge in [-0.1, -0.05) is 26.7 Å². The van der Waals surface area contributed by atoms with Gasteiger partial charge in [-0.25, -0.2) is 8.42 Å². The van der Waals surface area contributed by atoms with E-state index in [4.69, 9.17) is 0 Å². The van der Waals surface area contributed by atoms with Crippen LogP contribution in [0.2, 0.25) is 0 Å². The van der Waals surface area contributed by atoms with Crippen molar-refractivity contribution in [2.45, 2.75) is 63.3 Å². The first-order valence-electron chi connectivity index (χ1n) is 8.66. The van der Waals surface area contributed by atoms with Crippen LogP contribution in [0.15, 0.2) is 0 Å². The van der Waals surface area contributed by atoms with Crippen LogP contribution < -0.4 is 0 Å². The van der Waals surface area contributed by atoms with Crippen molar-refractivity contribution < 1.29 is 26.4 Å². The molecule has 24 heavy (non-hydrogen) atoms. The van der Waals surface area contributed by atoms with Crippen LogP contribution in [-0.4, -0.2) is 49.0 Å². The first-order chi connectivity index (χ1) is 11.1. The number of hydrogen-bond acceptors (Lipinski definition) is 3. The van der Waals surface area contributed by atoms with Gasteiger partial charge in [-0.05, 0) is 25.7 Å². The summed E-state index contributed by atoms with van der Waals surface area (Å²) >= 11 is 0. The van der Waals surface area contributed by atoms with E-state index in [0.717, 1.165) is 0 Å². The van der Waals surface area contributed by atoms with Gasteiger partial charge in [-0.15, -0.1) is 0 Å². The molecule has 2 aliphatic rings. The normalized spacial score (nSPS) is 30.1. The molecular weight excluding hydrogens is 343 g/mol. The highest BCUT2D eigenvalue weighted by atomic mass is 32.2. The molecule has 8 heteroatoms. The third-order valence-corrected chi connectivity index (χ3v) is 8.62. The molecule has 1 aliphatic heterocycles. The summed E-state index contributed by atoms with van der Waals surface area (Å²) < 4.78 is 63.6. The number of sulfone groups is 1. The number of carbonyl (C=O) groups excluding carboxylic acids is 1. The quantitative estimate of drug-likeness (QED) is 0.768. The summed E-state index contributed by atoms with van der Waals surface area (Å²) in [7, 11) is -3.34. The van der Waals surface area contributed by atoms with Crippen molar-refractivity contribution in [3.8, 4) is 0 Å². The summed E-state index contributed by atoms with van der Waals surface area (Å²) in [6, 6.07) is 0. The number of rotatable bonds is 3. The molecule has 4 nitrogen and oxygen atoms in total. The summed E-state index contributed by atoms with van der Waals surface area (Å²) in [5.41, 5.74) is 0. The maximum Gasteiger partial charge on any atom is 0.392 e. The smallest absolute Gasteiger partial charge is 0.340 e. The molecule has 0 spiro atoms. The Labute approximate surface area is 141 Å². The highest BCUT2D eigenvalue weighted by Gasteiger charge is 2.52. The average molecular weight is 369 g/mol. The number of halogens is 3. The van der Waals surface area contributed by atoms with E-state index in [9.17, 15) is 26.4 Å². The summed E-state index contributed by atoms with van der Waals surface area (Å²) in [6.07, 6.45) is -2.34. The van der Waals surface area contributed by atoms with E-state index in [1.54, 1.807) is 13.8 Å². The first kappa shape index (κ1) is 19.5. The SMILES string of the molecule is CCC1(CC)CN(C(=O)[C@@H]2CCCC[C@H]2C(F)(F)F)CCS1(=O)=O. The fraction of sp³-hybridized carbons (Fsp3) is 0.938. The Bertz CT molecular complexity index is 570. The molecule has 0 unspecified atom stereocenters. The van der Waals surface area contributed by atoms with Gasteiger partial charge in [0.1, 0.15) is 0 Å². The van der Waals surface area contributed by atoms with Gasteiger partial charge in [0, 0.05) is 19.0 Å². The number of carbonyl (C=O) groups is 1.